The van der Waals surface area contributed by atoms with Gasteiger partial charge in [0.1, 0.15) is 11.4 Å². The summed E-state index contributed by atoms with van der Waals surface area (Å²) in [5.74, 6) is -0.398. The smallest absolute Gasteiger partial charge is 0.311 e. The number of hydrogen-bond donors (Lipinski definition) is 2. The van der Waals surface area contributed by atoms with Gasteiger partial charge in [-0.05, 0) is 57.9 Å². The lowest BCUT2D eigenvalue weighted by atomic mass is 10.1. The topological polar surface area (TPSA) is 75.6 Å². The van der Waals surface area contributed by atoms with E-state index < -0.39 is 11.4 Å². The molecule has 0 unspecified atom stereocenters. The first-order chi connectivity index (χ1) is 9.72. The fraction of sp³-hybridized carbons (Fsp3) is 0.500. The highest BCUT2D eigenvalue weighted by atomic mass is 16.5. The van der Waals surface area contributed by atoms with Crippen molar-refractivity contribution in [2.24, 2.45) is 5.41 Å². The molecule has 1 fully saturated rings. The molecule has 2 N–H and O–H groups in total. The van der Waals surface area contributed by atoms with E-state index in [4.69, 9.17) is 9.84 Å². The van der Waals surface area contributed by atoms with Crippen LogP contribution in [0.1, 0.15) is 44.0 Å². The van der Waals surface area contributed by atoms with Crippen LogP contribution in [-0.4, -0.2) is 29.1 Å². The summed E-state index contributed by atoms with van der Waals surface area (Å²) < 4.78 is 5.68. The number of aliphatic carboxylic acids is 1. The summed E-state index contributed by atoms with van der Waals surface area (Å²) in [5.41, 5.74) is -0.536. The van der Waals surface area contributed by atoms with Crippen LogP contribution in [0.4, 0.5) is 0 Å². The predicted octanol–water partition coefficient (Wildman–Crippen LogP) is 2.46. The fourth-order valence-electron chi connectivity index (χ4n) is 2.00. The van der Waals surface area contributed by atoms with Gasteiger partial charge in [-0.15, -0.1) is 0 Å². The van der Waals surface area contributed by atoms with E-state index in [9.17, 15) is 9.59 Å². The number of carbonyl (C=O) groups excluding carboxylic acids is 1. The zero-order chi connectivity index (χ0) is 15.7. The van der Waals surface area contributed by atoms with Gasteiger partial charge >= 0.3 is 5.97 Å². The van der Waals surface area contributed by atoms with Crippen LogP contribution in [0, 0.1) is 5.41 Å². The summed E-state index contributed by atoms with van der Waals surface area (Å²) in [6, 6.07) is 6.84. The molecule has 5 nitrogen and oxygen atoms in total. The van der Waals surface area contributed by atoms with E-state index in [0.29, 0.717) is 24.2 Å². The van der Waals surface area contributed by atoms with E-state index in [1.54, 1.807) is 24.3 Å². The van der Waals surface area contributed by atoms with E-state index in [1.807, 2.05) is 20.8 Å². The van der Waals surface area contributed by atoms with Crippen molar-refractivity contribution in [1.82, 2.24) is 5.32 Å². The molecule has 0 radical (unpaired) electrons. The van der Waals surface area contributed by atoms with Gasteiger partial charge in [-0.3, -0.25) is 9.59 Å². The molecule has 114 valence electrons. The fourth-order valence-corrected chi connectivity index (χ4v) is 2.00. The van der Waals surface area contributed by atoms with Gasteiger partial charge in [-0.2, -0.15) is 0 Å². The van der Waals surface area contributed by atoms with Crippen LogP contribution in [0.3, 0.4) is 0 Å². The average Bonchev–Trinajstić information content (AvgIpc) is 3.16. The summed E-state index contributed by atoms with van der Waals surface area (Å²) >= 11 is 0. The minimum absolute atomic E-state index is 0.182. The third-order valence-corrected chi connectivity index (χ3v) is 3.44. The summed E-state index contributed by atoms with van der Waals surface area (Å²) in [6.07, 6.45) is 1.25. The molecule has 1 aromatic carbocycles. The third-order valence-electron chi connectivity index (χ3n) is 3.44. The van der Waals surface area contributed by atoms with E-state index in [0.717, 1.165) is 0 Å². The highest BCUT2D eigenvalue weighted by molar-refractivity contribution is 5.94. The van der Waals surface area contributed by atoms with Crippen molar-refractivity contribution in [2.45, 2.75) is 39.2 Å². The SMILES string of the molecule is CC(C)(C)Oc1ccc(C(=O)NCC2(C(=O)O)CC2)cc1. The van der Waals surface area contributed by atoms with Crippen LogP contribution in [0.2, 0.25) is 0 Å². The lowest BCUT2D eigenvalue weighted by molar-refractivity contribution is -0.143. The van der Waals surface area contributed by atoms with Crippen LogP contribution >= 0.6 is 0 Å². The van der Waals surface area contributed by atoms with E-state index in [-0.39, 0.29) is 18.1 Å². The molecule has 1 aromatic rings. The van der Waals surface area contributed by atoms with Gasteiger partial charge in [0.2, 0.25) is 0 Å². The molecule has 5 heteroatoms. The number of ether oxygens (including phenoxy) is 1. The summed E-state index contributed by atoms with van der Waals surface area (Å²) in [5, 5.41) is 11.8. The third kappa shape index (κ3) is 3.97. The number of carbonyl (C=O) groups is 2. The van der Waals surface area contributed by atoms with Crippen molar-refractivity contribution >= 4 is 11.9 Å². The van der Waals surface area contributed by atoms with Crippen molar-refractivity contribution in [2.75, 3.05) is 6.54 Å². The highest BCUT2D eigenvalue weighted by Gasteiger charge is 2.50. The van der Waals surface area contributed by atoms with Gasteiger partial charge in [-0.1, -0.05) is 0 Å². The average molecular weight is 291 g/mol. The molecule has 0 heterocycles. The van der Waals surface area contributed by atoms with Crippen molar-refractivity contribution in [3.8, 4) is 5.75 Å². The second-order valence-corrected chi connectivity index (χ2v) is 6.51. The Labute approximate surface area is 124 Å². The highest BCUT2D eigenvalue weighted by Crippen LogP contribution is 2.45. The second kappa shape index (κ2) is 5.39. The number of carboxylic acid groups (broad SMARTS) is 1. The molecule has 0 bridgehead atoms. The number of nitrogens with one attached hydrogen (secondary N) is 1. The zero-order valence-corrected chi connectivity index (χ0v) is 12.6. The lowest BCUT2D eigenvalue weighted by Crippen LogP contribution is -2.34. The van der Waals surface area contributed by atoms with Crippen molar-refractivity contribution < 1.29 is 19.4 Å². The molecular formula is C16H21NO4. The summed E-state index contributed by atoms with van der Waals surface area (Å²) in [4.78, 5) is 23.0. The Hall–Kier alpha value is -2.04. The van der Waals surface area contributed by atoms with E-state index in [2.05, 4.69) is 5.32 Å². The molecule has 0 atom stereocenters. The van der Waals surface area contributed by atoms with Crippen LogP contribution in [0.25, 0.3) is 0 Å². The molecule has 21 heavy (non-hydrogen) atoms. The molecule has 2 rings (SSSR count). The van der Waals surface area contributed by atoms with Crippen LogP contribution in [0.15, 0.2) is 24.3 Å². The normalized spacial score (nSPS) is 16.1. The maximum Gasteiger partial charge on any atom is 0.311 e. The van der Waals surface area contributed by atoms with Crippen LogP contribution < -0.4 is 10.1 Å². The second-order valence-electron chi connectivity index (χ2n) is 6.51. The number of carboxylic acids is 1. The first-order valence-corrected chi connectivity index (χ1v) is 7.03. The monoisotopic (exact) mass is 291 g/mol. The van der Waals surface area contributed by atoms with Gasteiger partial charge in [0.15, 0.2) is 0 Å². The maximum atomic E-state index is 12.0. The van der Waals surface area contributed by atoms with E-state index in [1.165, 1.54) is 0 Å². The molecule has 0 spiro atoms. The standard InChI is InChI=1S/C16H21NO4/c1-15(2,3)21-12-6-4-11(5-7-12)13(18)17-10-16(8-9-16)14(19)20/h4-7H,8-10H2,1-3H3,(H,17,18)(H,19,20). The van der Waals surface area contributed by atoms with E-state index >= 15 is 0 Å². The Morgan fingerprint density at radius 2 is 1.81 bits per heavy atom. The Morgan fingerprint density at radius 1 is 1.24 bits per heavy atom. The Balaban J connectivity index is 1.93. The van der Waals surface area contributed by atoms with Crippen molar-refractivity contribution in [3.63, 3.8) is 0 Å². The summed E-state index contributed by atoms with van der Waals surface area (Å²) in [7, 11) is 0. The van der Waals surface area contributed by atoms with Gasteiger partial charge in [0.05, 0.1) is 5.41 Å². The number of benzene rings is 1. The minimum Gasteiger partial charge on any atom is -0.488 e. The summed E-state index contributed by atoms with van der Waals surface area (Å²) in [6.45, 7) is 6.04. The molecule has 1 amide bonds. The largest absolute Gasteiger partial charge is 0.488 e. The van der Waals surface area contributed by atoms with Gasteiger partial charge in [0.25, 0.3) is 5.91 Å². The van der Waals surface area contributed by atoms with Gasteiger partial charge in [0, 0.05) is 12.1 Å². The first-order valence-electron chi connectivity index (χ1n) is 7.03. The quantitative estimate of drug-likeness (QED) is 0.873. The van der Waals surface area contributed by atoms with Gasteiger partial charge < -0.3 is 15.2 Å². The van der Waals surface area contributed by atoms with Crippen molar-refractivity contribution in [3.05, 3.63) is 29.8 Å². The van der Waals surface area contributed by atoms with Gasteiger partial charge in [-0.25, -0.2) is 0 Å². The molecule has 0 aromatic heterocycles. The van der Waals surface area contributed by atoms with Crippen molar-refractivity contribution in [1.29, 1.82) is 0 Å². The molecule has 1 aliphatic rings. The van der Waals surface area contributed by atoms with Crippen LogP contribution in [0.5, 0.6) is 5.75 Å². The number of hydrogen-bond acceptors (Lipinski definition) is 3. The Morgan fingerprint density at radius 3 is 2.24 bits per heavy atom. The molecule has 0 aliphatic heterocycles. The maximum absolute atomic E-state index is 12.0. The Kier molecular flexibility index (Phi) is 3.94. The molecule has 1 aliphatic carbocycles. The molecule has 0 saturated heterocycles. The van der Waals surface area contributed by atoms with Crippen LogP contribution in [-0.2, 0) is 4.79 Å². The molecule has 1 saturated carbocycles. The lowest BCUT2D eigenvalue weighted by Gasteiger charge is -2.21. The first kappa shape index (κ1) is 15.4. The number of rotatable bonds is 5. The molecular weight excluding hydrogens is 270 g/mol. The zero-order valence-electron chi connectivity index (χ0n) is 12.6. The Bertz CT molecular complexity index is 538. The minimum atomic E-state index is -0.836. The number of amides is 1. The predicted molar refractivity (Wildman–Crippen MR) is 78.5 cm³/mol.